The molecule has 3 aromatic rings. The van der Waals surface area contributed by atoms with E-state index in [1.165, 1.54) is 30.3 Å². The Kier molecular flexibility index (Phi) is 7.68. The number of carbonyl (C=O) groups is 3. The fraction of sp³-hybridized carbons (Fsp3) is 0.138. The van der Waals surface area contributed by atoms with Crippen LogP contribution in [-0.4, -0.2) is 29.6 Å². The number of rotatable bonds is 9. The van der Waals surface area contributed by atoms with Crippen molar-refractivity contribution in [3.8, 4) is 17.2 Å². The summed E-state index contributed by atoms with van der Waals surface area (Å²) < 4.78 is 12.0. The molecule has 188 valence electrons. The molecule has 8 heteroatoms. The molecule has 1 saturated heterocycles. The second-order valence-corrected chi connectivity index (χ2v) is 8.18. The lowest BCUT2D eigenvalue weighted by atomic mass is 10.0. The van der Waals surface area contributed by atoms with Crippen LogP contribution in [0.3, 0.4) is 0 Å². The van der Waals surface area contributed by atoms with Gasteiger partial charge in [0, 0.05) is 5.56 Å². The largest absolute Gasteiger partial charge is 0.508 e. The van der Waals surface area contributed by atoms with Gasteiger partial charge < -0.3 is 14.6 Å². The van der Waals surface area contributed by atoms with Crippen LogP contribution in [0.5, 0.6) is 17.2 Å². The number of phenols is 1. The van der Waals surface area contributed by atoms with Gasteiger partial charge in [-0.2, -0.15) is 0 Å². The van der Waals surface area contributed by atoms with Crippen molar-refractivity contribution >= 4 is 29.6 Å². The minimum atomic E-state index is -0.871. The fourth-order valence-corrected chi connectivity index (χ4v) is 3.89. The van der Waals surface area contributed by atoms with Crippen molar-refractivity contribution in [2.75, 3.05) is 11.5 Å². The number of hydrogen-bond acceptors (Lipinski definition) is 6. The number of nitrogens with zero attached hydrogens (tertiary/aromatic N) is 1. The SMILES string of the molecule is C=CCc1cc(/C=C2\C(=O)NC(=O)N(c3ccc(O)cc3)C2=O)cc(OCC)c1OCc1ccccc1. The Morgan fingerprint density at radius 2 is 1.73 bits per heavy atom. The Bertz CT molecular complexity index is 1360. The Morgan fingerprint density at radius 1 is 1.00 bits per heavy atom. The average molecular weight is 499 g/mol. The van der Waals surface area contributed by atoms with Crippen LogP contribution in [0.15, 0.2) is 85.0 Å². The van der Waals surface area contributed by atoms with Gasteiger partial charge in [-0.1, -0.05) is 36.4 Å². The Morgan fingerprint density at radius 3 is 2.41 bits per heavy atom. The van der Waals surface area contributed by atoms with E-state index in [-0.39, 0.29) is 17.0 Å². The molecule has 4 amide bonds. The maximum absolute atomic E-state index is 13.2. The van der Waals surface area contributed by atoms with E-state index in [4.69, 9.17) is 9.47 Å². The number of imide groups is 2. The number of phenolic OH excluding ortho intramolecular Hbond substituents is 1. The minimum Gasteiger partial charge on any atom is -0.508 e. The van der Waals surface area contributed by atoms with Gasteiger partial charge in [0.1, 0.15) is 17.9 Å². The molecule has 0 unspecified atom stereocenters. The van der Waals surface area contributed by atoms with E-state index in [1.54, 1.807) is 18.2 Å². The van der Waals surface area contributed by atoms with Crippen molar-refractivity contribution in [1.29, 1.82) is 0 Å². The Balaban J connectivity index is 1.72. The third-order valence-electron chi connectivity index (χ3n) is 5.56. The number of hydrogen-bond donors (Lipinski definition) is 2. The highest BCUT2D eigenvalue weighted by molar-refractivity contribution is 6.39. The van der Waals surface area contributed by atoms with Crippen LogP contribution < -0.4 is 19.7 Å². The Hall–Kier alpha value is -4.85. The molecular weight excluding hydrogens is 472 g/mol. The molecule has 1 fully saturated rings. The van der Waals surface area contributed by atoms with Crippen molar-refractivity contribution in [3.63, 3.8) is 0 Å². The van der Waals surface area contributed by atoms with Crippen LogP contribution in [-0.2, 0) is 22.6 Å². The molecule has 0 aliphatic carbocycles. The standard InChI is InChI=1S/C29H26N2O6/c1-3-8-21-15-20(17-25(36-4-2)26(21)37-18-19-9-6-5-7-10-19)16-24-27(33)30-29(35)31(28(24)34)22-11-13-23(32)14-12-22/h3,5-7,9-17,32H,1,4,8,18H2,2H3,(H,30,33,35)/b24-16+. The van der Waals surface area contributed by atoms with Crippen LogP contribution in [0.2, 0.25) is 0 Å². The maximum atomic E-state index is 13.2. The molecule has 8 nitrogen and oxygen atoms in total. The Labute approximate surface area is 214 Å². The van der Waals surface area contributed by atoms with Crippen molar-refractivity contribution in [2.45, 2.75) is 20.0 Å². The number of allylic oxidation sites excluding steroid dienone is 1. The number of anilines is 1. The van der Waals surface area contributed by atoms with Gasteiger partial charge in [0.05, 0.1) is 12.3 Å². The molecule has 0 bridgehead atoms. The lowest BCUT2D eigenvalue weighted by Crippen LogP contribution is -2.54. The normalized spacial score (nSPS) is 14.5. The fourth-order valence-electron chi connectivity index (χ4n) is 3.89. The van der Waals surface area contributed by atoms with Gasteiger partial charge in [-0.3, -0.25) is 14.9 Å². The van der Waals surface area contributed by atoms with Crippen LogP contribution in [0.1, 0.15) is 23.6 Å². The number of aromatic hydroxyl groups is 1. The van der Waals surface area contributed by atoms with Gasteiger partial charge in [-0.25, -0.2) is 9.69 Å². The number of urea groups is 1. The van der Waals surface area contributed by atoms with Crippen LogP contribution in [0, 0.1) is 0 Å². The summed E-state index contributed by atoms with van der Waals surface area (Å²) in [7, 11) is 0. The van der Waals surface area contributed by atoms with Crippen molar-refractivity contribution in [3.05, 3.63) is 102 Å². The van der Waals surface area contributed by atoms with Gasteiger partial charge in [-0.15, -0.1) is 6.58 Å². The first-order chi connectivity index (χ1) is 17.9. The number of carbonyl (C=O) groups excluding carboxylic acids is 3. The average Bonchev–Trinajstić information content (AvgIpc) is 2.88. The summed E-state index contributed by atoms with van der Waals surface area (Å²) in [4.78, 5) is 39.2. The molecular formula is C29H26N2O6. The van der Waals surface area contributed by atoms with Gasteiger partial charge in [0.2, 0.25) is 0 Å². The second kappa shape index (κ2) is 11.3. The molecule has 0 aromatic heterocycles. The quantitative estimate of drug-likeness (QED) is 0.250. The summed E-state index contributed by atoms with van der Waals surface area (Å²) in [5, 5.41) is 11.7. The first kappa shape index (κ1) is 25.2. The number of barbiturate groups is 1. The molecule has 0 saturated carbocycles. The summed E-state index contributed by atoms with van der Waals surface area (Å²) in [6.45, 7) is 6.37. The predicted octanol–water partition coefficient (Wildman–Crippen LogP) is 4.76. The van der Waals surface area contributed by atoms with E-state index in [0.717, 1.165) is 16.0 Å². The lowest BCUT2D eigenvalue weighted by molar-refractivity contribution is -0.122. The summed E-state index contributed by atoms with van der Waals surface area (Å²) in [6.07, 6.45) is 3.59. The van der Waals surface area contributed by atoms with Crippen LogP contribution in [0.25, 0.3) is 6.08 Å². The summed E-state index contributed by atoms with van der Waals surface area (Å²) >= 11 is 0. The smallest absolute Gasteiger partial charge is 0.335 e. The summed E-state index contributed by atoms with van der Waals surface area (Å²) in [5.74, 6) is -0.606. The van der Waals surface area contributed by atoms with Gasteiger partial charge in [0.25, 0.3) is 11.8 Å². The lowest BCUT2D eigenvalue weighted by Gasteiger charge is -2.26. The maximum Gasteiger partial charge on any atom is 0.335 e. The zero-order chi connectivity index (χ0) is 26.4. The number of ether oxygens (including phenoxy) is 2. The van der Waals surface area contributed by atoms with Crippen molar-refractivity contribution in [1.82, 2.24) is 5.32 Å². The van der Waals surface area contributed by atoms with Gasteiger partial charge >= 0.3 is 6.03 Å². The monoisotopic (exact) mass is 498 g/mol. The topological polar surface area (TPSA) is 105 Å². The van der Waals surface area contributed by atoms with E-state index in [9.17, 15) is 19.5 Å². The molecule has 3 aromatic carbocycles. The molecule has 2 N–H and O–H groups in total. The molecule has 1 aliphatic heterocycles. The van der Waals surface area contributed by atoms with Crippen LogP contribution >= 0.6 is 0 Å². The molecule has 0 spiro atoms. The van der Waals surface area contributed by atoms with E-state index in [2.05, 4.69) is 11.9 Å². The molecule has 37 heavy (non-hydrogen) atoms. The van der Waals surface area contributed by atoms with E-state index >= 15 is 0 Å². The molecule has 1 aliphatic rings. The molecule has 1 heterocycles. The highest BCUT2D eigenvalue weighted by atomic mass is 16.5. The van der Waals surface area contributed by atoms with E-state index < -0.39 is 17.8 Å². The third kappa shape index (κ3) is 5.70. The molecule has 0 radical (unpaired) electrons. The van der Waals surface area contributed by atoms with Gasteiger partial charge in [-0.05, 0) is 66.9 Å². The zero-order valence-corrected chi connectivity index (χ0v) is 20.3. The number of amides is 4. The minimum absolute atomic E-state index is 0.0202. The second-order valence-electron chi connectivity index (χ2n) is 8.18. The van der Waals surface area contributed by atoms with E-state index in [1.807, 2.05) is 37.3 Å². The molecule has 0 atom stereocenters. The summed E-state index contributed by atoms with van der Waals surface area (Å²) in [5.41, 5.74) is 2.26. The number of nitrogens with one attached hydrogen (secondary N) is 1. The predicted molar refractivity (Wildman–Crippen MR) is 139 cm³/mol. The molecule has 4 rings (SSSR count). The van der Waals surface area contributed by atoms with E-state index in [0.29, 0.717) is 36.7 Å². The highest BCUT2D eigenvalue weighted by Crippen LogP contribution is 2.36. The third-order valence-corrected chi connectivity index (χ3v) is 5.56. The van der Waals surface area contributed by atoms with Crippen molar-refractivity contribution in [2.24, 2.45) is 0 Å². The highest BCUT2D eigenvalue weighted by Gasteiger charge is 2.36. The van der Waals surface area contributed by atoms with Crippen LogP contribution in [0.4, 0.5) is 10.5 Å². The van der Waals surface area contributed by atoms with Crippen molar-refractivity contribution < 1.29 is 29.0 Å². The first-order valence-corrected chi connectivity index (χ1v) is 11.7. The van der Waals surface area contributed by atoms with Gasteiger partial charge in [0.15, 0.2) is 11.5 Å². The summed E-state index contributed by atoms with van der Waals surface area (Å²) in [6, 6.07) is 17.8. The first-order valence-electron chi connectivity index (χ1n) is 11.7. The zero-order valence-electron chi connectivity index (χ0n) is 20.3. The number of benzene rings is 3.